The van der Waals surface area contributed by atoms with Crippen LogP contribution in [0.25, 0.3) is 34.3 Å². The summed E-state index contributed by atoms with van der Waals surface area (Å²) in [6, 6.07) is 16.8. The van der Waals surface area contributed by atoms with E-state index in [1.54, 1.807) is 47.7 Å². The molecule has 0 fully saturated rings. The van der Waals surface area contributed by atoms with E-state index in [9.17, 15) is 4.39 Å². The van der Waals surface area contributed by atoms with Gasteiger partial charge in [0.25, 0.3) is 0 Å². The van der Waals surface area contributed by atoms with Crippen molar-refractivity contribution in [1.29, 1.82) is 0 Å². The van der Waals surface area contributed by atoms with Crippen molar-refractivity contribution in [3.05, 3.63) is 84.6 Å². The van der Waals surface area contributed by atoms with Gasteiger partial charge in [-0.25, -0.2) is 9.07 Å². The molecule has 0 aliphatic heterocycles. The highest BCUT2D eigenvalue weighted by Crippen LogP contribution is 2.24. The molecule has 0 radical (unpaired) electrons. The Morgan fingerprint density at radius 2 is 1.75 bits per heavy atom. The highest BCUT2D eigenvalue weighted by atomic mass is 19.1. The SMILES string of the molecule is Fc1ccccc1C=Cn1ncc2ccc(-c3ccncc3)cc21. The van der Waals surface area contributed by atoms with Crippen LogP contribution in [0.15, 0.2) is 73.2 Å². The average molecular weight is 315 g/mol. The molecule has 0 saturated carbocycles. The van der Waals surface area contributed by atoms with Crippen LogP contribution in [-0.4, -0.2) is 14.8 Å². The summed E-state index contributed by atoms with van der Waals surface area (Å²) in [5.74, 6) is -0.248. The molecule has 0 aliphatic rings. The van der Waals surface area contributed by atoms with Crippen LogP contribution in [0.5, 0.6) is 0 Å². The molecule has 0 atom stereocenters. The number of pyridine rings is 1. The van der Waals surface area contributed by atoms with Crippen molar-refractivity contribution in [2.75, 3.05) is 0 Å². The third-order valence-corrected chi connectivity index (χ3v) is 3.91. The molecule has 116 valence electrons. The van der Waals surface area contributed by atoms with E-state index in [1.165, 1.54) is 6.07 Å². The zero-order valence-electron chi connectivity index (χ0n) is 12.8. The first-order valence-electron chi connectivity index (χ1n) is 7.62. The van der Waals surface area contributed by atoms with Crippen LogP contribution >= 0.6 is 0 Å². The number of rotatable bonds is 3. The monoisotopic (exact) mass is 315 g/mol. The lowest BCUT2D eigenvalue weighted by molar-refractivity contribution is 0.625. The predicted octanol–water partition coefficient (Wildman–Crippen LogP) is 4.87. The van der Waals surface area contributed by atoms with Crippen molar-refractivity contribution in [2.24, 2.45) is 0 Å². The topological polar surface area (TPSA) is 30.7 Å². The molecule has 0 amide bonds. The van der Waals surface area contributed by atoms with Crippen molar-refractivity contribution < 1.29 is 4.39 Å². The number of aromatic nitrogens is 3. The molecule has 0 bridgehead atoms. The maximum atomic E-state index is 13.7. The molecule has 2 heterocycles. The standard InChI is InChI=1S/C20H14FN3/c21-19-4-2-1-3-16(19)9-12-24-20-13-17(5-6-18(20)14-23-24)15-7-10-22-11-8-15/h1-14H. The van der Waals surface area contributed by atoms with Gasteiger partial charge in [-0.3, -0.25) is 4.98 Å². The van der Waals surface area contributed by atoms with Gasteiger partial charge in [0.15, 0.2) is 0 Å². The van der Waals surface area contributed by atoms with Crippen LogP contribution in [0.4, 0.5) is 4.39 Å². The molecule has 3 nitrogen and oxygen atoms in total. The number of nitrogens with zero attached hydrogens (tertiary/aromatic N) is 3. The third kappa shape index (κ3) is 2.70. The lowest BCUT2D eigenvalue weighted by Gasteiger charge is -2.03. The van der Waals surface area contributed by atoms with Crippen LogP contribution in [0, 0.1) is 5.82 Å². The van der Waals surface area contributed by atoms with Gasteiger partial charge in [0.2, 0.25) is 0 Å². The summed E-state index contributed by atoms with van der Waals surface area (Å²) in [7, 11) is 0. The first kappa shape index (κ1) is 14.3. The van der Waals surface area contributed by atoms with Gasteiger partial charge in [-0.05, 0) is 41.5 Å². The molecule has 0 spiro atoms. The van der Waals surface area contributed by atoms with E-state index in [0.29, 0.717) is 5.56 Å². The molecule has 4 rings (SSSR count). The summed E-state index contributed by atoms with van der Waals surface area (Å²) in [6.07, 6.45) is 8.85. The zero-order chi connectivity index (χ0) is 16.4. The maximum absolute atomic E-state index is 13.7. The van der Waals surface area contributed by atoms with Gasteiger partial charge in [-0.15, -0.1) is 0 Å². The fraction of sp³-hybridized carbons (Fsp3) is 0. The number of halogens is 1. The highest BCUT2D eigenvalue weighted by molar-refractivity contribution is 5.86. The Hall–Kier alpha value is -3.27. The molecular formula is C20H14FN3. The third-order valence-electron chi connectivity index (χ3n) is 3.91. The van der Waals surface area contributed by atoms with Crippen LogP contribution in [0.2, 0.25) is 0 Å². The molecule has 24 heavy (non-hydrogen) atoms. The fourth-order valence-corrected chi connectivity index (χ4v) is 2.64. The van der Waals surface area contributed by atoms with Crippen molar-refractivity contribution in [1.82, 2.24) is 14.8 Å². The first-order valence-corrected chi connectivity index (χ1v) is 7.62. The van der Waals surface area contributed by atoms with Gasteiger partial charge in [-0.2, -0.15) is 5.10 Å². The van der Waals surface area contributed by atoms with E-state index in [-0.39, 0.29) is 5.82 Å². The van der Waals surface area contributed by atoms with E-state index in [2.05, 4.69) is 22.2 Å². The van der Waals surface area contributed by atoms with Gasteiger partial charge in [0.05, 0.1) is 11.7 Å². The lowest BCUT2D eigenvalue weighted by atomic mass is 10.1. The minimum Gasteiger partial charge on any atom is -0.265 e. The second-order valence-electron chi connectivity index (χ2n) is 5.44. The van der Waals surface area contributed by atoms with Gasteiger partial charge in [0.1, 0.15) is 5.82 Å². The smallest absolute Gasteiger partial charge is 0.130 e. The van der Waals surface area contributed by atoms with Crippen LogP contribution in [0.3, 0.4) is 0 Å². The summed E-state index contributed by atoms with van der Waals surface area (Å²) in [6.45, 7) is 0. The van der Waals surface area contributed by atoms with Crippen LogP contribution < -0.4 is 0 Å². The van der Waals surface area contributed by atoms with Gasteiger partial charge in [0, 0.05) is 29.5 Å². The molecule has 0 N–H and O–H groups in total. The fourth-order valence-electron chi connectivity index (χ4n) is 2.64. The summed E-state index contributed by atoms with van der Waals surface area (Å²) >= 11 is 0. The number of benzene rings is 2. The summed E-state index contributed by atoms with van der Waals surface area (Å²) in [4.78, 5) is 4.05. The first-order chi connectivity index (χ1) is 11.8. The van der Waals surface area contributed by atoms with E-state index in [0.717, 1.165) is 22.0 Å². The summed E-state index contributed by atoms with van der Waals surface area (Å²) < 4.78 is 15.5. The summed E-state index contributed by atoms with van der Waals surface area (Å²) in [5, 5.41) is 5.40. The van der Waals surface area contributed by atoms with Crippen molar-refractivity contribution in [3.63, 3.8) is 0 Å². The maximum Gasteiger partial charge on any atom is 0.130 e. The normalized spacial score (nSPS) is 11.4. The van der Waals surface area contributed by atoms with Gasteiger partial charge < -0.3 is 0 Å². The Balaban J connectivity index is 1.75. The van der Waals surface area contributed by atoms with Gasteiger partial charge in [-0.1, -0.05) is 30.3 Å². The van der Waals surface area contributed by atoms with E-state index in [4.69, 9.17) is 0 Å². The Morgan fingerprint density at radius 3 is 2.58 bits per heavy atom. The van der Waals surface area contributed by atoms with Gasteiger partial charge >= 0.3 is 0 Å². The molecule has 2 aromatic carbocycles. The molecular weight excluding hydrogens is 301 g/mol. The van der Waals surface area contributed by atoms with E-state index in [1.807, 2.05) is 24.3 Å². The molecule has 0 aliphatic carbocycles. The number of hydrogen-bond acceptors (Lipinski definition) is 2. The minimum absolute atomic E-state index is 0.248. The second-order valence-corrected chi connectivity index (χ2v) is 5.44. The Kier molecular flexibility index (Phi) is 3.63. The van der Waals surface area contributed by atoms with E-state index >= 15 is 0 Å². The van der Waals surface area contributed by atoms with Crippen molar-refractivity contribution in [2.45, 2.75) is 0 Å². The predicted molar refractivity (Wildman–Crippen MR) is 94.6 cm³/mol. The largest absolute Gasteiger partial charge is 0.265 e. The Morgan fingerprint density at radius 1 is 0.917 bits per heavy atom. The van der Waals surface area contributed by atoms with Crippen LogP contribution in [0.1, 0.15) is 5.56 Å². The second kappa shape index (κ2) is 6.08. The lowest BCUT2D eigenvalue weighted by Crippen LogP contribution is -1.89. The summed E-state index contributed by atoms with van der Waals surface area (Å²) in [5.41, 5.74) is 3.69. The van der Waals surface area contributed by atoms with Crippen LogP contribution in [-0.2, 0) is 0 Å². The average Bonchev–Trinajstić information content (AvgIpc) is 3.04. The molecule has 0 saturated heterocycles. The Labute approximate surface area is 138 Å². The van der Waals surface area contributed by atoms with Crippen molar-refractivity contribution in [3.8, 4) is 11.1 Å². The molecule has 4 heteroatoms. The van der Waals surface area contributed by atoms with Crippen molar-refractivity contribution >= 4 is 23.2 Å². The zero-order valence-corrected chi connectivity index (χ0v) is 12.8. The molecule has 0 unspecified atom stereocenters. The quantitative estimate of drug-likeness (QED) is 0.540. The number of hydrogen-bond donors (Lipinski definition) is 0. The molecule has 4 aromatic rings. The molecule has 2 aromatic heterocycles. The minimum atomic E-state index is -0.248. The Bertz CT molecular complexity index is 1020. The van der Waals surface area contributed by atoms with E-state index < -0.39 is 0 Å². The number of fused-ring (bicyclic) bond motifs is 1. The highest BCUT2D eigenvalue weighted by Gasteiger charge is 2.04.